The number of ether oxygens (including phenoxy) is 2. The summed E-state index contributed by atoms with van der Waals surface area (Å²) >= 11 is 3.39. The molecular weight excluding hydrogens is 398 g/mol. The Morgan fingerprint density at radius 2 is 2.19 bits per heavy atom. The standard InChI is InChI=1S/C20H24BrNO4/c1-11-8-17-19(12(2)26-20(17)24)16(18(11)10-25-13(3)23)7-6-15-5-4-14(21)9-22-15/h4-7,9,11-12,16-19H,8,10H2,1-3H3/b7-6+. The number of esters is 2. The highest BCUT2D eigenvalue weighted by Crippen LogP contribution is 2.49. The number of carbonyl (C=O) groups is 2. The summed E-state index contributed by atoms with van der Waals surface area (Å²) in [5.41, 5.74) is 0.854. The van der Waals surface area contributed by atoms with Crippen LogP contribution in [0.4, 0.5) is 0 Å². The zero-order valence-electron chi connectivity index (χ0n) is 15.2. The van der Waals surface area contributed by atoms with E-state index in [-0.39, 0.29) is 47.6 Å². The zero-order valence-corrected chi connectivity index (χ0v) is 16.8. The van der Waals surface area contributed by atoms with Gasteiger partial charge in [-0.2, -0.15) is 0 Å². The van der Waals surface area contributed by atoms with Crippen LogP contribution in [0.5, 0.6) is 0 Å². The number of halogens is 1. The number of aromatic nitrogens is 1. The summed E-state index contributed by atoms with van der Waals surface area (Å²) in [6.07, 6.45) is 6.51. The van der Waals surface area contributed by atoms with Gasteiger partial charge in [-0.15, -0.1) is 0 Å². The maximum absolute atomic E-state index is 12.2. The molecule has 5 nitrogen and oxygen atoms in total. The SMILES string of the molecule is CC(=O)OCC1C(C)CC2C(=O)OC(C)C2C1/C=C/c1ccc(Br)cn1. The van der Waals surface area contributed by atoms with Crippen molar-refractivity contribution in [3.8, 4) is 0 Å². The van der Waals surface area contributed by atoms with Gasteiger partial charge in [-0.3, -0.25) is 14.6 Å². The third-order valence-corrected chi connectivity index (χ3v) is 6.09. The summed E-state index contributed by atoms with van der Waals surface area (Å²) in [5, 5.41) is 0. The van der Waals surface area contributed by atoms with E-state index in [9.17, 15) is 9.59 Å². The Morgan fingerprint density at radius 3 is 2.85 bits per heavy atom. The smallest absolute Gasteiger partial charge is 0.309 e. The van der Waals surface area contributed by atoms with Crippen molar-refractivity contribution in [2.45, 2.75) is 33.3 Å². The Bertz CT molecular complexity index is 702. The predicted molar refractivity (Wildman–Crippen MR) is 101 cm³/mol. The van der Waals surface area contributed by atoms with Gasteiger partial charge in [0.2, 0.25) is 0 Å². The van der Waals surface area contributed by atoms with E-state index in [0.717, 1.165) is 16.6 Å². The van der Waals surface area contributed by atoms with Gasteiger partial charge >= 0.3 is 11.9 Å². The van der Waals surface area contributed by atoms with Crippen LogP contribution in [-0.4, -0.2) is 29.6 Å². The third-order valence-electron chi connectivity index (χ3n) is 5.63. The summed E-state index contributed by atoms with van der Waals surface area (Å²) in [7, 11) is 0. The molecule has 1 aromatic rings. The van der Waals surface area contributed by atoms with Crippen molar-refractivity contribution in [1.29, 1.82) is 0 Å². The number of pyridine rings is 1. The Labute approximate surface area is 162 Å². The summed E-state index contributed by atoms with van der Waals surface area (Å²) in [6.45, 7) is 5.88. The van der Waals surface area contributed by atoms with Crippen molar-refractivity contribution >= 4 is 33.9 Å². The molecule has 6 atom stereocenters. The molecule has 26 heavy (non-hydrogen) atoms. The number of fused-ring (bicyclic) bond motifs is 1. The molecular formula is C20H24BrNO4. The highest BCUT2D eigenvalue weighted by Gasteiger charge is 2.52. The van der Waals surface area contributed by atoms with Crippen LogP contribution in [0, 0.1) is 29.6 Å². The van der Waals surface area contributed by atoms with Gasteiger partial charge in [-0.1, -0.05) is 13.0 Å². The Morgan fingerprint density at radius 1 is 1.42 bits per heavy atom. The van der Waals surface area contributed by atoms with E-state index in [0.29, 0.717) is 6.61 Å². The number of hydrogen-bond donors (Lipinski definition) is 0. The Balaban J connectivity index is 1.88. The van der Waals surface area contributed by atoms with E-state index >= 15 is 0 Å². The summed E-state index contributed by atoms with van der Waals surface area (Å²) in [5.74, 6) is 0.163. The minimum absolute atomic E-state index is 0.0823. The van der Waals surface area contributed by atoms with Gasteiger partial charge in [-0.05, 0) is 59.3 Å². The lowest BCUT2D eigenvalue weighted by atomic mass is 9.62. The minimum Gasteiger partial charge on any atom is -0.466 e. The number of allylic oxidation sites excluding steroid dienone is 1. The van der Waals surface area contributed by atoms with Crippen LogP contribution in [0.1, 0.15) is 32.9 Å². The third kappa shape index (κ3) is 4.00. The molecule has 1 aromatic heterocycles. The number of hydrogen-bond acceptors (Lipinski definition) is 5. The lowest BCUT2D eigenvalue weighted by Gasteiger charge is -2.41. The molecule has 2 aliphatic rings. The van der Waals surface area contributed by atoms with Crippen molar-refractivity contribution in [3.05, 3.63) is 34.6 Å². The van der Waals surface area contributed by atoms with Gasteiger partial charge in [0.15, 0.2) is 0 Å². The second kappa shape index (κ2) is 7.91. The van der Waals surface area contributed by atoms with Gasteiger partial charge in [0.1, 0.15) is 6.10 Å². The number of rotatable bonds is 4. The van der Waals surface area contributed by atoms with Crippen LogP contribution in [0.25, 0.3) is 6.08 Å². The number of nitrogens with zero attached hydrogens (tertiary/aromatic N) is 1. The first-order valence-electron chi connectivity index (χ1n) is 9.00. The van der Waals surface area contributed by atoms with Crippen molar-refractivity contribution in [2.24, 2.45) is 29.6 Å². The van der Waals surface area contributed by atoms with E-state index in [1.807, 2.05) is 25.1 Å². The molecule has 1 saturated carbocycles. The second-order valence-electron chi connectivity index (χ2n) is 7.34. The molecule has 6 heteroatoms. The molecule has 0 N–H and O–H groups in total. The fraction of sp³-hybridized carbons (Fsp3) is 0.550. The van der Waals surface area contributed by atoms with Gasteiger partial charge in [0.05, 0.1) is 18.2 Å². The average molecular weight is 422 g/mol. The highest BCUT2D eigenvalue weighted by molar-refractivity contribution is 9.10. The second-order valence-corrected chi connectivity index (χ2v) is 8.26. The summed E-state index contributed by atoms with van der Waals surface area (Å²) in [4.78, 5) is 28.0. The van der Waals surface area contributed by atoms with Gasteiger partial charge in [0.25, 0.3) is 0 Å². The van der Waals surface area contributed by atoms with E-state index in [2.05, 4.69) is 33.9 Å². The van der Waals surface area contributed by atoms with Crippen molar-refractivity contribution in [2.75, 3.05) is 6.61 Å². The van der Waals surface area contributed by atoms with Crippen LogP contribution in [0.3, 0.4) is 0 Å². The van der Waals surface area contributed by atoms with Crippen molar-refractivity contribution in [3.63, 3.8) is 0 Å². The normalized spacial score (nSPS) is 33.8. The van der Waals surface area contributed by atoms with Crippen LogP contribution in [0.15, 0.2) is 28.9 Å². The summed E-state index contributed by atoms with van der Waals surface area (Å²) in [6, 6.07) is 3.88. The van der Waals surface area contributed by atoms with E-state index in [1.54, 1.807) is 6.20 Å². The zero-order chi connectivity index (χ0) is 18.8. The molecule has 140 valence electrons. The van der Waals surface area contributed by atoms with Crippen LogP contribution in [0.2, 0.25) is 0 Å². The van der Waals surface area contributed by atoms with E-state index in [1.165, 1.54) is 6.92 Å². The Hall–Kier alpha value is -1.69. The molecule has 2 heterocycles. The lowest BCUT2D eigenvalue weighted by molar-refractivity contribution is -0.146. The molecule has 0 bridgehead atoms. The van der Waals surface area contributed by atoms with E-state index in [4.69, 9.17) is 9.47 Å². The number of carbonyl (C=O) groups excluding carboxylic acids is 2. The van der Waals surface area contributed by atoms with Crippen LogP contribution in [-0.2, 0) is 19.1 Å². The highest BCUT2D eigenvalue weighted by atomic mass is 79.9. The van der Waals surface area contributed by atoms with E-state index < -0.39 is 0 Å². The Kier molecular flexibility index (Phi) is 5.80. The topological polar surface area (TPSA) is 65.5 Å². The molecule has 0 amide bonds. The quantitative estimate of drug-likeness (QED) is 0.690. The van der Waals surface area contributed by atoms with Gasteiger partial charge in [-0.25, -0.2) is 0 Å². The molecule has 0 aromatic carbocycles. The maximum Gasteiger partial charge on any atom is 0.309 e. The van der Waals surface area contributed by atoms with Gasteiger partial charge < -0.3 is 9.47 Å². The average Bonchev–Trinajstić information content (AvgIpc) is 2.86. The molecule has 2 fully saturated rings. The first-order chi connectivity index (χ1) is 12.4. The monoisotopic (exact) mass is 421 g/mol. The maximum atomic E-state index is 12.2. The summed E-state index contributed by atoms with van der Waals surface area (Å²) < 4.78 is 11.8. The number of cyclic esters (lactones) is 1. The van der Waals surface area contributed by atoms with Crippen molar-refractivity contribution < 1.29 is 19.1 Å². The first-order valence-corrected chi connectivity index (χ1v) is 9.79. The molecule has 1 aliphatic carbocycles. The predicted octanol–water partition coefficient (Wildman–Crippen LogP) is 3.87. The fourth-order valence-electron chi connectivity index (χ4n) is 4.36. The molecule has 3 rings (SSSR count). The lowest BCUT2D eigenvalue weighted by Crippen LogP contribution is -2.42. The van der Waals surface area contributed by atoms with Crippen LogP contribution >= 0.6 is 15.9 Å². The molecule has 0 spiro atoms. The van der Waals surface area contributed by atoms with Gasteiger partial charge in [0, 0.05) is 29.4 Å². The minimum atomic E-state index is -0.275. The largest absolute Gasteiger partial charge is 0.466 e. The molecule has 0 radical (unpaired) electrons. The van der Waals surface area contributed by atoms with Crippen molar-refractivity contribution in [1.82, 2.24) is 4.98 Å². The first kappa shape index (κ1) is 19.1. The molecule has 1 aliphatic heterocycles. The van der Waals surface area contributed by atoms with Crippen LogP contribution < -0.4 is 0 Å². The molecule has 6 unspecified atom stereocenters. The molecule has 1 saturated heterocycles. The fourth-order valence-corrected chi connectivity index (χ4v) is 4.60.